The van der Waals surface area contributed by atoms with Crippen LogP contribution in [0.15, 0.2) is 164 Å². The third-order valence-electron chi connectivity index (χ3n) is 23.0. The molecule has 0 unspecified atom stereocenters. The molecule has 6 heterocycles. The molecular weight excluding hydrogens is 1660 g/mol. The van der Waals surface area contributed by atoms with Gasteiger partial charge in [0.15, 0.2) is 87.3 Å². The SMILES string of the molecule is Oc1cc(O)c2c(c1)O[C@H](c1ccc(O)c(O)c1)[C@H](O)C2.Oc1cc(O)c2c(c1)O[C@H](c1ccc(O)c(O)c1)[C@H](O)[C@H]2c1c(O)cc(O)c2c1O[C@H](c1ccc(O)c(O)c1)[C@H](O)C2.Oc1cc(O)c2c(c1)O[C@H](c1ccc(O)c(O)c1)[C@H](O)[C@H]2c1c(O)cc(O)c2c1O[C@H](c1ccc(O)c(O)c1)[C@H](O)[C@H]2c1c(O)cc(O)c2c1O[C@H](c1ccc(O)c(O)c1)[C@H](O)C2. The van der Waals surface area contributed by atoms with E-state index in [9.17, 15) is 153 Å². The first-order chi connectivity index (χ1) is 59.8. The molecule has 0 aliphatic carbocycles. The Morgan fingerprint density at radius 2 is 0.405 bits per heavy atom. The Labute approximate surface area is 708 Å². The summed E-state index contributed by atoms with van der Waals surface area (Å²) >= 11 is 0. The van der Waals surface area contributed by atoms with Gasteiger partial charge in [0.25, 0.3) is 0 Å². The van der Waals surface area contributed by atoms with Crippen LogP contribution in [-0.2, 0) is 19.3 Å². The van der Waals surface area contributed by atoms with Crippen molar-refractivity contribution >= 4 is 0 Å². The molecule has 36 nitrogen and oxygen atoms in total. The van der Waals surface area contributed by atoms with Gasteiger partial charge < -0.3 is 182 Å². The highest BCUT2D eigenvalue weighted by molar-refractivity contribution is 5.72. The van der Waals surface area contributed by atoms with Crippen LogP contribution in [0.5, 0.6) is 172 Å². The molecule has 12 aromatic rings. The number of hydrogen-bond donors (Lipinski definition) is 30. The van der Waals surface area contributed by atoms with Gasteiger partial charge in [-0.15, -0.1) is 0 Å². The molecule has 0 fully saturated rings. The van der Waals surface area contributed by atoms with Crippen molar-refractivity contribution in [3.63, 3.8) is 0 Å². The number of phenols is 24. The van der Waals surface area contributed by atoms with Crippen LogP contribution in [0.4, 0.5) is 0 Å². The minimum absolute atomic E-state index is 0.0127. The molecule has 6 aliphatic heterocycles. The van der Waals surface area contributed by atoms with Gasteiger partial charge in [-0.3, -0.25) is 0 Å². The summed E-state index contributed by atoms with van der Waals surface area (Å²) in [6.07, 6.45) is -16.9. The largest absolute Gasteiger partial charge is 0.508 e. The second-order valence-corrected chi connectivity index (χ2v) is 31.0. The van der Waals surface area contributed by atoms with Crippen LogP contribution in [0.3, 0.4) is 0 Å². The number of benzene rings is 12. The number of aliphatic hydroxyl groups excluding tert-OH is 6. The summed E-state index contributed by atoms with van der Waals surface area (Å²) in [7, 11) is 0. The number of aromatic hydroxyl groups is 24. The van der Waals surface area contributed by atoms with E-state index in [-0.39, 0.29) is 149 Å². The molecule has 0 saturated heterocycles. The Hall–Kier alpha value is -15.6. The fourth-order valence-corrected chi connectivity index (χ4v) is 17.1. The molecule has 0 aromatic heterocycles. The van der Waals surface area contributed by atoms with Crippen LogP contribution in [0.2, 0.25) is 0 Å². The summed E-state index contributed by atoms with van der Waals surface area (Å²) in [5, 5.41) is 320. The highest BCUT2D eigenvalue weighted by Gasteiger charge is 2.53. The molecule has 6 aliphatic rings. The van der Waals surface area contributed by atoms with E-state index in [1.54, 1.807) is 0 Å². The van der Waals surface area contributed by atoms with E-state index in [1.807, 2.05) is 0 Å². The summed E-state index contributed by atoms with van der Waals surface area (Å²) in [6, 6.07) is 31.8. The first-order valence-electron chi connectivity index (χ1n) is 38.4. The Kier molecular flexibility index (Phi) is 21.3. The van der Waals surface area contributed by atoms with Crippen LogP contribution in [-0.4, -0.2) is 190 Å². The second kappa shape index (κ2) is 32.0. The Morgan fingerprint density at radius 3 is 0.722 bits per heavy atom. The third-order valence-corrected chi connectivity index (χ3v) is 23.0. The second-order valence-electron chi connectivity index (χ2n) is 31.0. The van der Waals surface area contributed by atoms with Gasteiger partial charge >= 0.3 is 0 Å². The van der Waals surface area contributed by atoms with Gasteiger partial charge in [-0.2, -0.15) is 0 Å². The standard InChI is InChI=1S/C45H38O18.C30H26O12.C15H14O6/c46-18-10-27(54)33-32(11-18)61-42(16-2-5-21(48)25(52)8-16)39(59)37(33)35-29(56)14-30(57)36-38(40(60)43(63-45(35)36)17-3-6-22(49)26(53)9-17)34-28(55)13-23(50)19-12-31(58)41(62-44(19)34)15-1-4-20(47)24(51)7-15;31-13-7-20(37)24-23(8-13)41-29(12-2-4-16(33)19(36)6-12)27(40)26(24)25-21(38)10-17(34)14-9-22(39)28(42-30(14)25)11-1-3-15(32)18(35)5-11;16-8-4-11(18)9-6-13(20)15(21-14(9)5-8)7-1-2-10(17)12(19)3-7/h1-11,13-14,31,37-43,46-60H,12H2;1-8,10,22,26-29,31-40H,9H2;1-5,13,15-20H,6H2/t31-,37-,38+,39-,40-,41-,42-,43-;22-,26-,27-,28-,29-;13-,15-/m111/s1. The summed E-state index contributed by atoms with van der Waals surface area (Å²) in [5.74, 6) is -17.2. The van der Waals surface area contributed by atoms with Crippen LogP contribution in [0.25, 0.3) is 0 Å². The van der Waals surface area contributed by atoms with Gasteiger partial charge in [0.1, 0.15) is 140 Å². The average molecular weight is 1740 g/mol. The van der Waals surface area contributed by atoms with E-state index in [0.29, 0.717) is 11.1 Å². The Bertz CT molecular complexity index is 6350. The summed E-state index contributed by atoms with van der Waals surface area (Å²) in [6.45, 7) is 0. The maximum atomic E-state index is 12.5. The van der Waals surface area contributed by atoms with Gasteiger partial charge in [-0.25, -0.2) is 0 Å². The quantitative estimate of drug-likeness (QED) is 0.0599. The number of ether oxygens (including phenoxy) is 6. The van der Waals surface area contributed by atoms with Gasteiger partial charge in [0, 0.05) is 124 Å². The van der Waals surface area contributed by atoms with E-state index in [4.69, 9.17) is 28.4 Å². The third kappa shape index (κ3) is 14.8. The molecule has 30 N–H and O–H groups in total. The lowest BCUT2D eigenvalue weighted by Gasteiger charge is -2.43. The van der Waals surface area contributed by atoms with E-state index < -0.39 is 206 Å². The Balaban J connectivity index is 0.000000158. The molecule has 0 amide bonds. The van der Waals surface area contributed by atoms with Crippen LogP contribution < -0.4 is 28.4 Å². The van der Waals surface area contributed by atoms with E-state index in [2.05, 4.69) is 0 Å². The number of hydrogen-bond acceptors (Lipinski definition) is 36. The minimum Gasteiger partial charge on any atom is -0.508 e. The topological polar surface area (TPSA) is 662 Å². The van der Waals surface area contributed by atoms with Crippen molar-refractivity contribution < 1.29 is 182 Å². The molecule has 0 spiro atoms. The van der Waals surface area contributed by atoms with Crippen LogP contribution in [0.1, 0.15) is 138 Å². The van der Waals surface area contributed by atoms with E-state index >= 15 is 0 Å². The van der Waals surface area contributed by atoms with Crippen LogP contribution in [0, 0.1) is 0 Å². The zero-order valence-corrected chi connectivity index (χ0v) is 64.7. The first kappa shape index (κ1) is 84.0. The molecule has 0 radical (unpaired) electrons. The normalized spacial score (nSPS) is 22.9. The molecule has 12 aromatic carbocycles. The zero-order valence-electron chi connectivity index (χ0n) is 64.7. The number of aliphatic hydroxyl groups is 6. The van der Waals surface area contributed by atoms with Crippen molar-refractivity contribution in [3.8, 4) is 172 Å². The lowest BCUT2D eigenvalue weighted by Crippen LogP contribution is -2.39. The van der Waals surface area contributed by atoms with Gasteiger partial charge in [0.05, 0.1) is 36.1 Å². The predicted octanol–water partition coefficient (Wildman–Crippen LogP) is 8.98. The van der Waals surface area contributed by atoms with Crippen LogP contribution >= 0.6 is 0 Å². The van der Waals surface area contributed by atoms with Crippen molar-refractivity contribution in [1.82, 2.24) is 0 Å². The number of fused-ring (bicyclic) bond motifs is 6. The van der Waals surface area contributed by atoms with Crippen molar-refractivity contribution in [2.24, 2.45) is 0 Å². The van der Waals surface area contributed by atoms with Gasteiger partial charge in [-0.1, -0.05) is 36.4 Å². The monoisotopic (exact) mass is 1730 g/mol. The predicted molar refractivity (Wildman–Crippen MR) is 430 cm³/mol. The summed E-state index contributed by atoms with van der Waals surface area (Å²) in [5.41, 5.74) is 0.233. The fraction of sp³-hybridized carbons (Fsp3) is 0.200. The van der Waals surface area contributed by atoms with Crippen molar-refractivity contribution in [2.45, 2.75) is 110 Å². The number of phenolic OH excluding ortho intramolecular Hbond substituents is 24. The maximum absolute atomic E-state index is 12.5. The highest BCUT2D eigenvalue weighted by atomic mass is 16.5. The molecule has 0 bridgehead atoms. The first-order valence-corrected chi connectivity index (χ1v) is 38.4. The highest BCUT2D eigenvalue weighted by Crippen LogP contribution is 2.64. The average Bonchev–Trinajstić information content (AvgIpc) is 0.707. The molecule has 654 valence electrons. The fourth-order valence-electron chi connectivity index (χ4n) is 17.1. The van der Waals surface area contributed by atoms with Gasteiger partial charge in [-0.05, 0) is 106 Å². The molecule has 0 saturated carbocycles. The molecule has 126 heavy (non-hydrogen) atoms. The lowest BCUT2D eigenvalue weighted by molar-refractivity contribution is -0.00562. The van der Waals surface area contributed by atoms with Crippen molar-refractivity contribution in [3.05, 3.63) is 247 Å². The minimum atomic E-state index is -1.90. The molecule has 36 heteroatoms. The summed E-state index contributed by atoms with van der Waals surface area (Å²) in [4.78, 5) is 0. The smallest absolute Gasteiger partial charge is 0.157 e. The maximum Gasteiger partial charge on any atom is 0.157 e. The zero-order chi connectivity index (χ0) is 90.1. The van der Waals surface area contributed by atoms with Gasteiger partial charge in [0.2, 0.25) is 0 Å². The lowest BCUT2D eigenvalue weighted by atomic mass is 9.73. The Morgan fingerprint density at radius 1 is 0.183 bits per heavy atom. The van der Waals surface area contributed by atoms with E-state index in [1.165, 1.54) is 91.0 Å². The van der Waals surface area contributed by atoms with Crippen molar-refractivity contribution in [1.29, 1.82) is 0 Å². The van der Waals surface area contributed by atoms with E-state index in [0.717, 1.165) is 72.8 Å². The number of rotatable bonds is 9. The van der Waals surface area contributed by atoms with Crippen molar-refractivity contribution in [2.75, 3.05) is 0 Å². The summed E-state index contributed by atoms with van der Waals surface area (Å²) < 4.78 is 36.6. The molecule has 15 atom stereocenters. The molecular formula is C90H78O36. The molecule has 18 rings (SSSR count).